The Balaban J connectivity index is 1.54. The Labute approximate surface area is 295 Å². The Morgan fingerprint density at radius 1 is 0.940 bits per heavy atom. The molecule has 0 amide bonds. The van der Waals surface area contributed by atoms with Gasteiger partial charge in [0.1, 0.15) is 47.7 Å². The average molecular weight is 715 g/mol. The minimum Gasteiger partial charge on any atom is -0.483 e. The Morgan fingerprint density at radius 2 is 1.62 bits per heavy atom. The summed E-state index contributed by atoms with van der Waals surface area (Å²) in [4.78, 5) is 26.5. The number of aliphatic hydroxyl groups is 4. The first-order valence-corrected chi connectivity index (χ1v) is 17.7. The van der Waals surface area contributed by atoms with Gasteiger partial charge in [-0.1, -0.05) is 26.8 Å². The molecular formula is C36H58O14. The number of cyclic esters (lactones) is 1. The molecule has 0 aromatic heterocycles. The second-order valence-corrected chi connectivity index (χ2v) is 14.6. The van der Waals surface area contributed by atoms with Gasteiger partial charge in [-0.25, -0.2) is 4.79 Å². The molecule has 286 valence electrons. The number of fused-ring (bicyclic) bond motifs is 1. The number of epoxide rings is 1. The third-order valence-corrected chi connectivity index (χ3v) is 10.7. The molecule has 0 radical (unpaired) electrons. The molecule has 3 saturated heterocycles. The highest BCUT2D eigenvalue weighted by Gasteiger charge is 2.52. The Morgan fingerprint density at radius 3 is 2.26 bits per heavy atom. The summed E-state index contributed by atoms with van der Waals surface area (Å²) < 4.78 is 47.1. The van der Waals surface area contributed by atoms with Gasteiger partial charge < -0.3 is 58.3 Å². The summed E-state index contributed by atoms with van der Waals surface area (Å²) in [7, 11) is 2.95. The number of aliphatic hydroxyl groups excluding tert-OH is 3. The van der Waals surface area contributed by atoms with Crippen molar-refractivity contribution in [3.8, 4) is 0 Å². The van der Waals surface area contributed by atoms with Gasteiger partial charge in [0, 0.05) is 45.0 Å². The van der Waals surface area contributed by atoms with Crippen LogP contribution in [-0.4, -0.2) is 132 Å². The number of methoxy groups -OCH3 is 2. The Hall–Kier alpha value is -1.98. The van der Waals surface area contributed by atoms with Crippen molar-refractivity contribution >= 4 is 11.8 Å². The lowest BCUT2D eigenvalue weighted by atomic mass is 9.82. The van der Waals surface area contributed by atoms with Gasteiger partial charge in [-0.2, -0.15) is 0 Å². The van der Waals surface area contributed by atoms with Crippen LogP contribution in [0.4, 0.5) is 0 Å². The van der Waals surface area contributed by atoms with E-state index in [1.54, 1.807) is 32.9 Å². The second kappa shape index (κ2) is 17.2. The summed E-state index contributed by atoms with van der Waals surface area (Å²) >= 11 is 0. The quantitative estimate of drug-likeness (QED) is 0.210. The number of hydrogen-bond acceptors (Lipinski definition) is 14. The fraction of sp³-hybridized carbons (Fsp3) is 0.833. The highest BCUT2D eigenvalue weighted by atomic mass is 16.7. The van der Waals surface area contributed by atoms with Crippen LogP contribution in [0.5, 0.6) is 0 Å². The molecule has 4 N–H and O–H groups in total. The molecule has 14 nitrogen and oxygen atoms in total. The molecule has 17 unspecified atom stereocenters. The molecule has 0 spiro atoms. The predicted octanol–water partition coefficient (Wildman–Crippen LogP) is 1.79. The number of Topliss-reactive ketones (excluding diaryl/α,β-unsaturated/α-hetero) is 1. The number of ketones is 1. The van der Waals surface area contributed by atoms with E-state index in [9.17, 15) is 30.0 Å². The van der Waals surface area contributed by atoms with E-state index in [0.717, 1.165) is 0 Å². The normalized spacial score (nSPS) is 45.5. The minimum absolute atomic E-state index is 0.00247. The van der Waals surface area contributed by atoms with Crippen molar-refractivity contribution in [1.29, 1.82) is 0 Å². The number of hydrogen-bond donors (Lipinski definition) is 4. The number of allylic oxidation sites excluding steroid dienone is 1. The summed E-state index contributed by atoms with van der Waals surface area (Å²) in [6, 6.07) is 0. The van der Waals surface area contributed by atoms with Gasteiger partial charge in [0.15, 0.2) is 18.7 Å². The van der Waals surface area contributed by atoms with Gasteiger partial charge in [-0.15, -0.1) is 0 Å². The molecule has 3 fully saturated rings. The number of carbonyl (C=O) groups excluding carboxylic acids is 2. The van der Waals surface area contributed by atoms with Crippen LogP contribution in [0.3, 0.4) is 0 Å². The maximum Gasteiger partial charge on any atom is 0.330 e. The zero-order chi connectivity index (χ0) is 37.1. The monoisotopic (exact) mass is 714 g/mol. The van der Waals surface area contributed by atoms with Crippen LogP contribution >= 0.6 is 0 Å². The van der Waals surface area contributed by atoms with Gasteiger partial charge in [-0.05, 0) is 46.1 Å². The molecule has 0 aromatic rings. The summed E-state index contributed by atoms with van der Waals surface area (Å²) in [5.41, 5.74) is -1.85. The molecule has 50 heavy (non-hydrogen) atoms. The highest BCUT2D eigenvalue weighted by Crippen LogP contribution is 2.39. The molecule has 4 rings (SSSR count). The molecule has 17 atom stereocenters. The average Bonchev–Trinajstić information content (AvgIpc) is 3.83. The maximum atomic E-state index is 13.3. The first kappa shape index (κ1) is 40.8. The third kappa shape index (κ3) is 9.32. The lowest BCUT2D eigenvalue weighted by Crippen LogP contribution is -2.63. The largest absolute Gasteiger partial charge is 0.483 e. The Bertz CT molecular complexity index is 1210. The van der Waals surface area contributed by atoms with Crippen molar-refractivity contribution < 1.29 is 67.9 Å². The number of esters is 1. The van der Waals surface area contributed by atoms with E-state index in [-0.39, 0.29) is 37.1 Å². The number of ether oxygens (including phenoxy) is 8. The van der Waals surface area contributed by atoms with E-state index in [2.05, 4.69) is 0 Å². The van der Waals surface area contributed by atoms with Crippen LogP contribution in [0, 0.1) is 23.7 Å². The van der Waals surface area contributed by atoms with Crippen LogP contribution in [0.1, 0.15) is 67.7 Å². The minimum atomic E-state index is -1.85. The fourth-order valence-electron chi connectivity index (χ4n) is 7.39. The summed E-state index contributed by atoms with van der Waals surface area (Å²) in [6.07, 6.45) is -4.90. The molecule has 4 aliphatic rings. The molecule has 0 bridgehead atoms. The Kier molecular flexibility index (Phi) is 14.1. The van der Waals surface area contributed by atoms with Crippen LogP contribution in [0.25, 0.3) is 0 Å². The van der Waals surface area contributed by atoms with E-state index in [1.165, 1.54) is 27.2 Å². The van der Waals surface area contributed by atoms with Gasteiger partial charge in [0.25, 0.3) is 0 Å². The van der Waals surface area contributed by atoms with Gasteiger partial charge in [-0.3, -0.25) is 4.79 Å². The lowest BCUT2D eigenvalue weighted by Gasteiger charge is -2.47. The zero-order valence-electron chi connectivity index (χ0n) is 30.7. The second-order valence-electron chi connectivity index (χ2n) is 14.6. The number of carbonyl (C=O) groups is 2. The predicted molar refractivity (Wildman–Crippen MR) is 177 cm³/mol. The number of rotatable bonds is 8. The van der Waals surface area contributed by atoms with Gasteiger partial charge >= 0.3 is 5.97 Å². The highest BCUT2D eigenvalue weighted by molar-refractivity contribution is 5.82. The topological polar surface area (TPSA) is 192 Å². The molecule has 0 saturated carbocycles. The van der Waals surface area contributed by atoms with E-state index < -0.39 is 97.0 Å². The molecule has 0 aromatic carbocycles. The molecular weight excluding hydrogens is 656 g/mol. The van der Waals surface area contributed by atoms with Crippen LogP contribution in [0.15, 0.2) is 24.0 Å². The van der Waals surface area contributed by atoms with Crippen LogP contribution in [-0.2, 0) is 47.5 Å². The van der Waals surface area contributed by atoms with Crippen molar-refractivity contribution in [3.63, 3.8) is 0 Å². The van der Waals surface area contributed by atoms with E-state index in [0.29, 0.717) is 12.2 Å². The first-order chi connectivity index (χ1) is 23.5. The first-order valence-electron chi connectivity index (χ1n) is 17.7. The van der Waals surface area contributed by atoms with E-state index >= 15 is 0 Å². The summed E-state index contributed by atoms with van der Waals surface area (Å²) in [5.74, 6) is -1.51. The van der Waals surface area contributed by atoms with Crippen molar-refractivity contribution in [2.45, 2.75) is 147 Å². The van der Waals surface area contributed by atoms with Crippen molar-refractivity contribution in [2.75, 3.05) is 20.8 Å². The van der Waals surface area contributed by atoms with Crippen molar-refractivity contribution in [1.82, 2.24) is 0 Å². The molecule has 14 heteroatoms. The molecule has 0 aliphatic carbocycles. The lowest BCUT2D eigenvalue weighted by molar-refractivity contribution is -0.322. The van der Waals surface area contributed by atoms with Gasteiger partial charge in [0.05, 0.1) is 36.9 Å². The van der Waals surface area contributed by atoms with E-state index in [4.69, 9.17) is 37.9 Å². The van der Waals surface area contributed by atoms with Crippen LogP contribution < -0.4 is 0 Å². The fourth-order valence-corrected chi connectivity index (χ4v) is 7.39. The summed E-state index contributed by atoms with van der Waals surface area (Å²) in [6.45, 7) is 12.2. The van der Waals surface area contributed by atoms with Crippen molar-refractivity contribution in [2.24, 2.45) is 23.7 Å². The molecule has 4 heterocycles. The smallest absolute Gasteiger partial charge is 0.330 e. The maximum absolute atomic E-state index is 13.3. The van der Waals surface area contributed by atoms with Crippen molar-refractivity contribution in [3.05, 3.63) is 24.0 Å². The van der Waals surface area contributed by atoms with Crippen LogP contribution in [0.2, 0.25) is 0 Å². The third-order valence-electron chi connectivity index (χ3n) is 10.7. The molecule has 4 aliphatic heterocycles. The van der Waals surface area contributed by atoms with E-state index in [1.807, 2.05) is 20.8 Å². The standard InChI is InChI=1S/C36H58O14/c1-17-10-13-27(39)47-21(5)24(16-45-34-32(44-9)31(43-8)28(40)22(6)48-34)30-26(49-30)12-11-25(38)18(2)14-19(3)29(17)50-35-33(41)36(42,23(7)37)15-20(4)46-35/h10,12-13,17-24,28-35,37,40-42H,11,14-16H2,1-9H3. The summed E-state index contributed by atoms with van der Waals surface area (Å²) in [5, 5.41) is 43.0. The van der Waals surface area contributed by atoms with Gasteiger partial charge in [0.2, 0.25) is 0 Å². The SMILES string of the molecule is COC1C(OCC2C(C)OC(=O)C=CC(C)C(OC3OC(C)CC(O)(C(C)O)C3O)C(C)CC(C)C(=O)CC=C3OC32)OC(C)C(O)C1OC. The zero-order valence-corrected chi connectivity index (χ0v) is 30.7.